The molecular weight excluding hydrogens is 352 g/mol. The Balaban J connectivity index is 1.80. The van der Waals surface area contributed by atoms with Crippen molar-refractivity contribution in [3.63, 3.8) is 0 Å². The maximum Gasteiger partial charge on any atom is 0.184 e. The van der Waals surface area contributed by atoms with Crippen LogP contribution in [0.2, 0.25) is 0 Å². The fourth-order valence-electron chi connectivity index (χ4n) is 3.35. The summed E-state index contributed by atoms with van der Waals surface area (Å²) in [5.41, 5.74) is 9.13. The highest BCUT2D eigenvalue weighted by molar-refractivity contribution is 7.07. The van der Waals surface area contributed by atoms with Crippen LogP contribution in [0, 0.1) is 41.5 Å². The van der Waals surface area contributed by atoms with Crippen LogP contribution >= 0.6 is 11.5 Å². The first-order chi connectivity index (χ1) is 12.8. The standard InChI is InChI=1S/C22H24N4S/c1-13-7-15(3)21(16(4)8-13)23-11-19-25-20(27-26-19)12-24-22-17(5)9-14(2)10-18(22)6/h7-12H,1-6H3. The molecule has 1 heterocycles. The predicted molar refractivity (Wildman–Crippen MR) is 116 cm³/mol. The van der Waals surface area contributed by atoms with E-state index in [1.165, 1.54) is 33.8 Å². The van der Waals surface area contributed by atoms with E-state index < -0.39 is 0 Å². The summed E-state index contributed by atoms with van der Waals surface area (Å²) in [4.78, 5) is 13.7. The van der Waals surface area contributed by atoms with Crippen LogP contribution in [0.3, 0.4) is 0 Å². The molecule has 0 atom stereocenters. The Morgan fingerprint density at radius 3 is 1.63 bits per heavy atom. The van der Waals surface area contributed by atoms with Crippen LogP contribution in [0.4, 0.5) is 11.4 Å². The van der Waals surface area contributed by atoms with E-state index in [-0.39, 0.29) is 0 Å². The maximum atomic E-state index is 4.62. The predicted octanol–water partition coefficient (Wildman–Crippen LogP) is 5.89. The number of aromatic nitrogens is 2. The highest BCUT2D eigenvalue weighted by Gasteiger charge is 2.05. The molecule has 0 radical (unpaired) electrons. The lowest BCUT2D eigenvalue weighted by Crippen LogP contribution is -1.89. The summed E-state index contributed by atoms with van der Waals surface area (Å²) in [7, 11) is 0. The summed E-state index contributed by atoms with van der Waals surface area (Å²) >= 11 is 1.33. The minimum absolute atomic E-state index is 0.609. The highest BCUT2D eigenvalue weighted by atomic mass is 32.1. The fraction of sp³-hybridized carbons (Fsp3) is 0.273. The van der Waals surface area contributed by atoms with Gasteiger partial charge in [-0.1, -0.05) is 35.4 Å². The van der Waals surface area contributed by atoms with Gasteiger partial charge < -0.3 is 0 Å². The van der Waals surface area contributed by atoms with Crippen molar-refractivity contribution < 1.29 is 0 Å². The second-order valence-corrected chi connectivity index (χ2v) is 7.79. The van der Waals surface area contributed by atoms with Gasteiger partial charge in [-0.15, -0.1) is 0 Å². The van der Waals surface area contributed by atoms with Crippen LogP contribution in [0.5, 0.6) is 0 Å². The van der Waals surface area contributed by atoms with E-state index in [1.54, 1.807) is 12.4 Å². The molecule has 0 aliphatic carbocycles. The van der Waals surface area contributed by atoms with Gasteiger partial charge in [-0.3, -0.25) is 9.98 Å². The van der Waals surface area contributed by atoms with Crippen molar-refractivity contribution in [3.05, 3.63) is 68.5 Å². The van der Waals surface area contributed by atoms with Crippen LogP contribution in [-0.2, 0) is 0 Å². The van der Waals surface area contributed by atoms with Gasteiger partial charge in [0.2, 0.25) is 0 Å². The zero-order chi connectivity index (χ0) is 19.6. The average Bonchev–Trinajstić information content (AvgIpc) is 3.00. The van der Waals surface area contributed by atoms with Gasteiger partial charge in [0.25, 0.3) is 0 Å². The average molecular weight is 377 g/mol. The van der Waals surface area contributed by atoms with Gasteiger partial charge in [0.05, 0.1) is 23.8 Å². The maximum absolute atomic E-state index is 4.62. The first-order valence-electron chi connectivity index (χ1n) is 8.91. The molecule has 3 rings (SSSR count). The monoisotopic (exact) mass is 376 g/mol. The number of aliphatic imine (C=N–C) groups is 2. The van der Waals surface area contributed by atoms with Crippen LogP contribution < -0.4 is 0 Å². The van der Waals surface area contributed by atoms with Gasteiger partial charge in [-0.05, 0) is 75.3 Å². The molecule has 0 unspecified atom stereocenters. The quantitative estimate of drug-likeness (QED) is 0.533. The number of benzene rings is 2. The van der Waals surface area contributed by atoms with Crippen LogP contribution in [0.25, 0.3) is 0 Å². The third-order valence-corrected chi connectivity index (χ3v) is 5.00. The van der Waals surface area contributed by atoms with E-state index >= 15 is 0 Å². The molecule has 4 nitrogen and oxygen atoms in total. The summed E-state index contributed by atoms with van der Waals surface area (Å²) in [6.07, 6.45) is 3.50. The van der Waals surface area contributed by atoms with Crippen molar-refractivity contribution >= 4 is 35.3 Å². The van der Waals surface area contributed by atoms with E-state index in [0.29, 0.717) is 5.82 Å². The summed E-state index contributed by atoms with van der Waals surface area (Å²) in [6, 6.07) is 8.56. The van der Waals surface area contributed by atoms with E-state index in [9.17, 15) is 0 Å². The molecule has 0 bridgehead atoms. The topological polar surface area (TPSA) is 50.5 Å². The van der Waals surface area contributed by atoms with Crippen LogP contribution in [0.15, 0.2) is 34.3 Å². The number of rotatable bonds is 4. The minimum Gasteiger partial charge on any atom is -0.253 e. The molecular formula is C22H24N4S. The Labute approximate surface area is 164 Å². The van der Waals surface area contributed by atoms with Gasteiger partial charge >= 0.3 is 0 Å². The lowest BCUT2D eigenvalue weighted by Gasteiger charge is -2.05. The third kappa shape index (κ3) is 4.55. The van der Waals surface area contributed by atoms with Gasteiger partial charge in [0.1, 0.15) is 0 Å². The molecule has 0 fully saturated rings. The van der Waals surface area contributed by atoms with Crippen LogP contribution in [-0.4, -0.2) is 21.8 Å². The SMILES string of the molecule is Cc1cc(C)c(N=Cc2nsc(C=Nc3c(C)cc(C)cc3C)n2)c(C)c1. The molecule has 0 spiro atoms. The van der Waals surface area contributed by atoms with Crippen molar-refractivity contribution in [2.45, 2.75) is 41.5 Å². The van der Waals surface area contributed by atoms with Crippen molar-refractivity contribution in [1.82, 2.24) is 9.36 Å². The van der Waals surface area contributed by atoms with E-state index in [4.69, 9.17) is 0 Å². The normalized spacial score (nSPS) is 11.8. The Morgan fingerprint density at radius 2 is 1.15 bits per heavy atom. The number of hydrogen-bond acceptors (Lipinski definition) is 5. The van der Waals surface area contributed by atoms with E-state index in [2.05, 4.69) is 85.2 Å². The summed E-state index contributed by atoms with van der Waals surface area (Å²) in [5, 5.41) is 0.771. The molecule has 5 heteroatoms. The molecule has 0 saturated heterocycles. The Morgan fingerprint density at radius 1 is 0.704 bits per heavy atom. The lowest BCUT2D eigenvalue weighted by molar-refractivity contribution is 1.25. The van der Waals surface area contributed by atoms with Gasteiger partial charge in [-0.2, -0.15) is 4.37 Å². The summed E-state index contributed by atoms with van der Waals surface area (Å²) < 4.78 is 4.37. The molecule has 0 N–H and O–H groups in total. The first kappa shape index (κ1) is 19.1. The van der Waals surface area contributed by atoms with E-state index in [0.717, 1.165) is 27.5 Å². The zero-order valence-electron chi connectivity index (χ0n) is 16.7. The number of aryl methyl sites for hydroxylation is 6. The molecule has 0 amide bonds. The van der Waals surface area contributed by atoms with Gasteiger partial charge in [0.15, 0.2) is 10.8 Å². The summed E-state index contributed by atoms with van der Waals surface area (Å²) in [5.74, 6) is 0.609. The Bertz CT molecular complexity index is 916. The molecule has 3 aromatic rings. The molecule has 1 aromatic heterocycles. The highest BCUT2D eigenvalue weighted by Crippen LogP contribution is 2.26. The van der Waals surface area contributed by atoms with Crippen molar-refractivity contribution in [3.8, 4) is 0 Å². The second kappa shape index (κ2) is 7.92. The van der Waals surface area contributed by atoms with Crippen LogP contribution in [0.1, 0.15) is 44.2 Å². The van der Waals surface area contributed by atoms with Crippen molar-refractivity contribution in [1.29, 1.82) is 0 Å². The van der Waals surface area contributed by atoms with Gasteiger partial charge in [0, 0.05) is 0 Å². The third-order valence-electron chi connectivity index (χ3n) is 4.34. The number of hydrogen-bond donors (Lipinski definition) is 0. The molecule has 0 aliphatic heterocycles. The Hall–Kier alpha value is -2.66. The largest absolute Gasteiger partial charge is 0.253 e. The molecule has 0 aliphatic rings. The second-order valence-electron chi connectivity index (χ2n) is 7.00. The lowest BCUT2D eigenvalue weighted by atomic mass is 10.1. The number of nitrogens with zero attached hydrogens (tertiary/aromatic N) is 4. The Kier molecular flexibility index (Phi) is 5.61. The van der Waals surface area contributed by atoms with Gasteiger partial charge in [-0.25, -0.2) is 4.98 Å². The molecule has 0 saturated carbocycles. The zero-order valence-corrected chi connectivity index (χ0v) is 17.5. The minimum atomic E-state index is 0.609. The summed E-state index contributed by atoms with van der Waals surface area (Å²) in [6.45, 7) is 12.5. The van der Waals surface area contributed by atoms with Crippen molar-refractivity contribution in [2.75, 3.05) is 0 Å². The molecule has 2 aromatic carbocycles. The smallest absolute Gasteiger partial charge is 0.184 e. The fourth-order valence-corrected chi connectivity index (χ4v) is 3.86. The van der Waals surface area contributed by atoms with E-state index in [1.807, 2.05) is 0 Å². The molecule has 138 valence electrons. The first-order valence-corrected chi connectivity index (χ1v) is 9.68. The molecule has 27 heavy (non-hydrogen) atoms. The van der Waals surface area contributed by atoms with Crippen molar-refractivity contribution in [2.24, 2.45) is 9.98 Å².